The van der Waals surface area contributed by atoms with Gasteiger partial charge < -0.3 is 14.2 Å². The SMILES string of the molecule is COc1ncnc(OC)c1-n1c(NSC(C)Cc2ncc(Cl)cn2)nnc1C1CCC(C)(C)O1. The van der Waals surface area contributed by atoms with Crippen molar-refractivity contribution >= 4 is 29.5 Å². The summed E-state index contributed by atoms with van der Waals surface area (Å²) in [7, 11) is 3.08. The van der Waals surface area contributed by atoms with Gasteiger partial charge in [-0.25, -0.2) is 9.97 Å². The Morgan fingerprint density at radius 1 is 1.18 bits per heavy atom. The van der Waals surface area contributed by atoms with Crippen LogP contribution in [0, 0.1) is 0 Å². The number of nitrogens with one attached hydrogen (secondary N) is 1. The number of hydrogen-bond donors (Lipinski definition) is 1. The van der Waals surface area contributed by atoms with Crippen molar-refractivity contribution in [2.24, 2.45) is 0 Å². The van der Waals surface area contributed by atoms with Gasteiger partial charge >= 0.3 is 0 Å². The van der Waals surface area contributed by atoms with Crippen LogP contribution < -0.4 is 14.2 Å². The molecule has 4 heterocycles. The molecule has 2 atom stereocenters. The van der Waals surface area contributed by atoms with Gasteiger partial charge in [-0.1, -0.05) is 18.5 Å². The first kappa shape index (κ1) is 24.4. The average Bonchev–Trinajstić information content (AvgIpc) is 3.40. The maximum Gasteiger partial charge on any atom is 0.245 e. The second kappa shape index (κ2) is 10.3. The molecule has 11 nitrogen and oxygen atoms in total. The quantitative estimate of drug-likeness (QED) is 0.426. The highest BCUT2D eigenvalue weighted by molar-refractivity contribution is 8.01. The van der Waals surface area contributed by atoms with Crippen molar-refractivity contribution in [2.75, 3.05) is 18.9 Å². The Morgan fingerprint density at radius 3 is 2.44 bits per heavy atom. The summed E-state index contributed by atoms with van der Waals surface area (Å²) in [6.07, 6.45) is 6.66. The van der Waals surface area contributed by atoms with E-state index >= 15 is 0 Å². The molecule has 1 fully saturated rings. The molecule has 3 aromatic rings. The van der Waals surface area contributed by atoms with E-state index in [-0.39, 0.29) is 17.0 Å². The molecule has 0 aromatic carbocycles. The predicted molar refractivity (Wildman–Crippen MR) is 129 cm³/mol. The maximum atomic E-state index is 6.26. The number of nitrogens with zero attached hydrogens (tertiary/aromatic N) is 7. The first-order valence-electron chi connectivity index (χ1n) is 10.8. The van der Waals surface area contributed by atoms with E-state index in [1.54, 1.807) is 26.6 Å². The van der Waals surface area contributed by atoms with E-state index < -0.39 is 0 Å². The van der Waals surface area contributed by atoms with Crippen LogP contribution in [-0.2, 0) is 11.2 Å². The predicted octanol–water partition coefficient (Wildman–Crippen LogP) is 3.84. The molecular weight excluding hydrogens is 480 g/mol. The Bertz CT molecular complexity index is 1110. The molecule has 4 rings (SSSR count). The van der Waals surface area contributed by atoms with Gasteiger partial charge in [0.1, 0.15) is 18.3 Å². The third-order valence-corrected chi connectivity index (χ3v) is 6.37. The molecule has 0 bridgehead atoms. The number of ether oxygens (including phenoxy) is 3. The molecule has 0 saturated carbocycles. The fourth-order valence-corrected chi connectivity index (χ4v) is 4.46. The molecule has 2 unspecified atom stereocenters. The zero-order valence-electron chi connectivity index (χ0n) is 19.6. The number of methoxy groups -OCH3 is 2. The van der Waals surface area contributed by atoms with E-state index in [0.29, 0.717) is 46.5 Å². The van der Waals surface area contributed by atoms with Gasteiger partial charge in [0.25, 0.3) is 0 Å². The molecule has 3 aromatic heterocycles. The summed E-state index contributed by atoms with van der Waals surface area (Å²) in [4.78, 5) is 17.1. The van der Waals surface area contributed by atoms with Crippen LogP contribution in [0.3, 0.4) is 0 Å². The van der Waals surface area contributed by atoms with Crippen molar-refractivity contribution in [3.05, 3.63) is 35.4 Å². The van der Waals surface area contributed by atoms with Crippen LogP contribution in [-0.4, -0.2) is 59.8 Å². The Morgan fingerprint density at radius 2 is 1.85 bits per heavy atom. The topological polar surface area (TPSA) is 122 Å². The lowest BCUT2D eigenvalue weighted by Crippen LogP contribution is -2.19. The van der Waals surface area contributed by atoms with Crippen molar-refractivity contribution in [1.29, 1.82) is 0 Å². The smallest absolute Gasteiger partial charge is 0.245 e. The lowest BCUT2D eigenvalue weighted by molar-refractivity contribution is -0.0207. The molecule has 1 aliphatic heterocycles. The second-order valence-electron chi connectivity index (χ2n) is 8.42. The molecule has 1 aliphatic rings. The van der Waals surface area contributed by atoms with Crippen LogP contribution in [0.2, 0.25) is 5.02 Å². The number of aromatic nitrogens is 7. The molecule has 0 aliphatic carbocycles. The summed E-state index contributed by atoms with van der Waals surface area (Å²) < 4.78 is 22.4. The molecule has 0 radical (unpaired) electrons. The summed E-state index contributed by atoms with van der Waals surface area (Å²) >= 11 is 7.36. The normalized spacial score (nSPS) is 18.0. The number of hydrogen-bond acceptors (Lipinski definition) is 11. The lowest BCUT2D eigenvalue weighted by Gasteiger charge is -2.21. The molecule has 34 heavy (non-hydrogen) atoms. The Kier molecular flexibility index (Phi) is 7.39. The van der Waals surface area contributed by atoms with Gasteiger partial charge in [-0.15, -0.1) is 10.2 Å². The second-order valence-corrected chi connectivity index (χ2v) is 10.1. The summed E-state index contributed by atoms with van der Waals surface area (Å²) in [5, 5.41) is 9.51. The average molecular weight is 507 g/mol. The number of halogens is 1. The summed E-state index contributed by atoms with van der Waals surface area (Å²) in [5.41, 5.74) is 0.246. The van der Waals surface area contributed by atoms with Gasteiger partial charge in [0.2, 0.25) is 17.7 Å². The first-order chi connectivity index (χ1) is 16.3. The minimum absolute atomic E-state index is 0.118. The van der Waals surface area contributed by atoms with Gasteiger partial charge in [0.15, 0.2) is 11.5 Å². The van der Waals surface area contributed by atoms with Crippen LogP contribution >= 0.6 is 23.5 Å². The fraction of sp³-hybridized carbons (Fsp3) is 0.524. The highest BCUT2D eigenvalue weighted by atomic mass is 35.5. The zero-order valence-corrected chi connectivity index (χ0v) is 21.2. The Hall–Kier alpha value is -2.70. The minimum atomic E-state index is -0.252. The molecule has 1 N–H and O–H groups in total. The monoisotopic (exact) mass is 506 g/mol. The third kappa shape index (κ3) is 5.34. The summed E-state index contributed by atoms with van der Waals surface area (Å²) in [6.45, 7) is 6.19. The number of rotatable bonds is 9. The van der Waals surface area contributed by atoms with Gasteiger partial charge in [-0.05, 0) is 38.6 Å². The van der Waals surface area contributed by atoms with Gasteiger partial charge in [-0.2, -0.15) is 9.97 Å². The molecule has 0 spiro atoms. The van der Waals surface area contributed by atoms with Crippen molar-refractivity contribution in [2.45, 2.75) is 57.0 Å². The van der Waals surface area contributed by atoms with Crippen LogP contribution in [0.5, 0.6) is 11.8 Å². The third-order valence-electron chi connectivity index (χ3n) is 5.31. The summed E-state index contributed by atoms with van der Waals surface area (Å²) in [6, 6.07) is 0. The van der Waals surface area contributed by atoms with Crippen LogP contribution in [0.4, 0.5) is 5.95 Å². The minimum Gasteiger partial charge on any atom is -0.479 e. The van der Waals surface area contributed by atoms with E-state index in [4.69, 9.17) is 25.8 Å². The Labute approximate surface area is 207 Å². The highest BCUT2D eigenvalue weighted by Gasteiger charge is 2.37. The molecular formula is C21H27ClN8O3S. The first-order valence-corrected chi connectivity index (χ1v) is 12.0. The van der Waals surface area contributed by atoms with E-state index in [9.17, 15) is 0 Å². The van der Waals surface area contributed by atoms with E-state index in [2.05, 4.69) is 55.6 Å². The van der Waals surface area contributed by atoms with Gasteiger partial charge in [-0.3, -0.25) is 9.29 Å². The largest absolute Gasteiger partial charge is 0.479 e. The molecule has 1 saturated heterocycles. The van der Waals surface area contributed by atoms with Gasteiger partial charge in [0, 0.05) is 24.1 Å². The van der Waals surface area contributed by atoms with Crippen LogP contribution in [0.25, 0.3) is 5.69 Å². The maximum absolute atomic E-state index is 6.26. The van der Waals surface area contributed by atoms with Crippen molar-refractivity contribution in [3.8, 4) is 17.4 Å². The number of anilines is 1. The fourth-order valence-electron chi connectivity index (χ4n) is 3.69. The lowest BCUT2D eigenvalue weighted by atomic mass is 10.1. The van der Waals surface area contributed by atoms with Crippen LogP contribution in [0.1, 0.15) is 51.4 Å². The zero-order chi connectivity index (χ0) is 24.3. The van der Waals surface area contributed by atoms with Crippen molar-refractivity contribution < 1.29 is 14.2 Å². The van der Waals surface area contributed by atoms with E-state index in [1.165, 1.54) is 18.3 Å². The summed E-state index contributed by atoms with van der Waals surface area (Å²) in [5.74, 6) is 2.47. The van der Waals surface area contributed by atoms with E-state index in [1.807, 2.05) is 4.57 Å². The van der Waals surface area contributed by atoms with E-state index in [0.717, 1.165) is 12.8 Å². The Balaban J connectivity index is 1.65. The van der Waals surface area contributed by atoms with Gasteiger partial charge in [0.05, 0.1) is 24.8 Å². The highest BCUT2D eigenvalue weighted by Crippen LogP contribution is 2.42. The molecule has 13 heteroatoms. The van der Waals surface area contributed by atoms with Crippen molar-refractivity contribution in [3.63, 3.8) is 0 Å². The van der Waals surface area contributed by atoms with Crippen molar-refractivity contribution in [1.82, 2.24) is 34.7 Å². The van der Waals surface area contributed by atoms with Crippen LogP contribution in [0.15, 0.2) is 18.7 Å². The molecule has 182 valence electrons. The molecule has 0 amide bonds. The standard InChI is InChI=1S/C21H27ClN8O3S/c1-12(8-15-23-9-13(22)10-24-15)34-29-20-28-27-17(14-6-7-21(2,3)33-14)30(20)16-18(31-4)25-11-26-19(16)32-5/h9-12,14H,6-8H2,1-5H3,(H,28,29).